The van der Waals surface area contributed by atoms with Crippen LogP contribution in [0.4, 0.5) is 0 Å². The van der Waals surface area contributed by atoms with E-state index in [4.69, 9.17) is 4.74 Å². The van der Waals surface area contributed by atoms with Crippen LogP contribution in [0, 0.1) is 13.8 Å². The van der Waals surface area contributed by atoms with Crippen LogP contribution in [-0.4, -0.2) is 13.2 Å². The zero-order chi connectivity index (χ0) is 14.5. The van der Waals surface area contributed by atoms with Crippen LogP contribution in [0.1, 0.15) is 41.5 Å². The van der Waals surface area contributed by atoms with E-state index in [9.17, 15) is 0 Å². The van der Waals surface area contributed by atoms with Crippen LogP contribution in [0.5, 0.6) is 5.75 Å². The highest BCUT2D eigenvalue weighted by Crippen LogP contribution is 2.35. The van der Waals surface area contributed by atoms with Crippen LogP contribution in [0.15, 0.2) is 29.6 Å². The second kappa shape index (κ2) is 6.91. The van der Waals surface area contributed by atoms with Gasteiger partial charge in [-0.2, -0.15) is 0 Å². The third kappa shape index (κ3) is 3.22. The molecule has 0 aliphatic rings. The summed E-state index contributed by atoms with van der Waals surface area (Å²) in [6.07, 6.45) is 0. The summed E-state index contributed by atoms with van der Waals surface area (Å²) >= 11 is 1.81. The van der Waals surface area contributed by atoms with Crippen molar-refractivity contribution in [2.75, 3.05) is 13.2 Å². The maximum absolute atomic E-state index is 5.82. The van der Waals surface area contributed by atoms with E-state index in [1.807, 2.05) is 18.3 Å². The van der Waals surface area contributed by atoms with Crippen molar-refractivity contribution in [3.05, 3.63) is 51.2 Å². The first-order chi connectivity index (χ1) is 9.67. The third-order valence-corrected chi connectivity index (χ3v) is 4.43. The minimum Gasteiger partial charge on any atom is -0.494 e. The molecule has 0 saturated heterocycles. The highest BCUT2D eigenvalue weighted by Gasteiger charge is 2.20. The van der Waals surface area contributed by atoms with Crippen molar-refractivity contribution < 1.29 is 4.74 Å². The van der Waals surface area contributed by atoms with Gasteiger partial charge in [-0.3, -0.25) is 0 Å². The Balaban J connectivity index is 2.48. The predicted octanol–water partition coefficient (Wildman–Crippen LogP) is 4.46. The van der Waals surface area contributed by atoms with Gasteiger partial charge in [0.25, 0.3) is 0 Å². The van der Waals surface area contributed by atoms with Crippen molar-refractivity contribution in [2.45, 2.75) is 33.7 Å². The summed E-state index contributed by atoms with van der Waals surface area (Å²) in [5, 5.41) is 5.76. The third-order valence-electron chi connectivity index (χ3n) is 3.35. The number of benzene rings is 1. The number of aryl methyl sites for hydroxylation is 2. The van der Waals surface area contributed by atoms with Gasteiger partial charge < -0.3 is 10.1 Å². The fraction of sp³-hybridized carbons (Fsp3) is 0.412. The molecule has 0 fully saturated rings. The molecule has 20 heavy (non-hydrogen) atoms. The number of thiophene rings is 1. The van der Waals surface area contributed by atoms with Crippen molar-refractivity contribution in [2.24, 2.45) is 0 Å². The SMILES string of the molecule is CCNC(c1cc(C)ccc1OCC)c1sccc1C. The first kappa shape index (κ1) is 15.1. The van der Waals surface area contributed by atoms with Crippen molar-refractivity contribution in [3.8, 4) is 5.75 Å². The number of hydrogen-bond donors (Lipinski definition) is 1. The van der Waals surface area contributed by atoms with Crippen molar-refractivity contribution >= 4 is 11.3 Å². The Morgan fingerprint density at radius 1 is 1.20 bits per heavy atom. The Kier molecular flexibility index (Phi) is 5.21. The van der Waals surface area contributed by atoms with Gasteiger partial charge in [-0.15, -0.1) is 11.3 Å². The molecule has 1 atom stereocenters. The molecular weight excluding hydrogens is 266 g/mol. The first-order valence-electron chi connectivity index (χ1n) is 7.18. The van der Waals surface area contributed by atoms with Crippen LogP contribution in [-0.2, 0) is 0 Å². The molecule has 0 saturated carbocycles. The average molecular weight is 289 g/mol. The van der Waals surface area contributed by atoms with Gasteiger partial charge in [0.1, 0.15) is 5.75 Å². The molecule has 1 unspecified atom stereocenters. The molecule has 3 heteroatoms. The number of ether oxygens (including phenoxy) is 1. The van der Waals surface area contributed by atoms with E-state index >= 15 is 0 Å². The lowest BCUT2D eigenvalue weighted by atomic mass is 10.00. The molecule has 1 N–H and O–H groups in total. The van der Waals surface area contributed by atoms with E-state index in [1.54, 1.807) is 0 Å². The Bertz CT molecular complexity index is 562. The molecule has 2 nitrogen and oxygen atoms in total. The monoisotopic (exact) mass is 289 g/mol. The van der Waals surface area contributed by atoms with Gasteiger partial charge >= 0.3 is 0 Å². The van der Waals surface area contributed by atoms with Gasteiger partial charge in [0.05, 0.1) is 12.6 Å². The molecule has 2 rings (SSSR count). The minimum atomic E-state index is 0.210. The molecular formula is C17H23NOS. The zero-order valence-electron chi connectivity index (χ0n) is 12.7. The summed E-state index contributed by atoms with van der Waals surface area (Å²) in [5.74, 6) is 0.983. The maximum atomic E-state index is 5.82. The predicted molar refractivity (Wildman–Crippen MR) is 86.9 cm³/mol. The zero-order valence-corrected chi connectivity index (χ0v) is 13.5. The van der Waals surface area contributed by atoms with Gasteiger partial charge in [-0.1, -0.05) is 24.6 Å². The Hall–Kier alpha value is -1.32. The summed E-state index contributed by atoms with van der Waals surface area (Å²) in [6.45, 7) is 10.1. The van der Waals surface area contributed by atoms with Gasteiger partial charge in [0, 0.05) is 10.4 Å². The van der Waals surface area contributed by atoms with Gasteiger partial charge in [-0.05, 0) is 50.4 Å². The molecule has 0 aliphatic carbocycles. The second-order valence-electron chi connectivity index (χ2n) is 4.93. The summed E-state index contributed by atoms with van der Waals surface area (Å²) in [4.78, 5) is 1.37. The largest absolute Gasteiger partial charge is 0.494 e. The van der Waals surface area contributed by atoms with Gasteiger partial charge in [0.15, 0.2) is 0 Å². The molecule has 1 aromatic carbocycles. The molecule has 1 heterocycles. The standard InChI is InChI=1S/C17H23NOS/c1-5-18-16(17-13(4)9-10-20-17)14-11-12(3)7-8-15(14)19-6-2/h7-11,16,18H,5-6H2,1-4H3. The average Bonchev–Trinajstić information content (AvgIpc) is 2.85. The fourth-order valence-corrected chi connectivity index (χ4v) is 3.43. The van der Waals surface area contributed by atoms with Crippen LogP contribution in [0.25, 0.3) is 0 Å². The summed E-state index contributed by atoms with van der Waals surface area (Å²) in [5.41, 5.74) is 3.84. The summed E-state index contributed by atoms with van der Waals surface area (Å²) in [6, 6.07) is 8.82. The molecule has 0 bridgehead atoms. The molecule has 0 radical (unpaired) electrons. The smallest absolute Gasteiger partial charge is 0.124 e. The van der Waals surface area contributed by atoms with Crippen LogP contribution in [0.3, 0.4) is 0 Å². The van der Waals surface area contributed by atoms with Crippen molar-refractivity contribution in [1.82, 2.24) is 5.32 Å². The lowest BCUT2D eigenvalue weighted by molar-refractivity contribution is 0.333. The topological polar surface area (TPSA) is 21.3 Å². The Morgan fingerprint density at radius 3 is 2.60 bits per heavy atom. The lowest BCUT2D eigenvalue weighted by Crippen LogP contribution is -2.22. The molecule has 0 aliphatic heterocycles. The van der Waals surface area contributed by atoms with Crippen molar-refractivity contribution in [3.63, 3.8) is 0 Å². The minimum absolute atomic E-state index is 0.210. The highest BCUT2D eigenvalue weighted by molar-refractivity contribution is 7.10. The van der Waals surface area contributed by atoms with Crippen LogP contribution < -0.4 is 10.1 Å². The first-order valence-corrected chi connectivity index (χ1v) is 8.06. The van der Waals surface area contributed by atoms with Crippen LogP contribution >= 0.6 is 11.3 Å². The van der Waals surface area contributed by atoms with E-state index in [0.29, 0.717) is 6.61 Å². The number of rotatable bonds is 6. The van der Waals surface area contributed by atoms with E-state index in [2.05, 4.69) is 55.7 Å². The summed E-state index contributed by atoms with van der Waals surface area (Å²) in [7, 11) is 0. The highest BCUT2D eigenvalue weighted by atomic mass is 32.1. The molecule has 1 aromatic heterocycles. The van der Waals surface area contributed by atoms with Gasteiger partial charge in [-0.25, -0.2) is 0 Å². The van der Waals surface area contributed by atoms with E-state index in [-0.39, 0.29) is 6.04 Å². The quantitative estimate of drug-likeness (QED) is 0.847. The Morgan fingerprint density at radius 2 is 2.00 bits per heavy atom. The van der Waals surface area contributed by atoms with E-state index < -0.39 is 0 Å². The maximum Gasteiger partial charge on any atom is 0.124 e. The van der Waals surface area contributed by atoms with E-state index in [1.165, 1.54) is 21.6 Å². The number of nitrogens with one attached hydrogen (secondary N) is 1. The molecule has 108 valence electrons. The molecule has 0 spiro atoms. The number of hydrogen-bond acceptors (Lipinski definition) is 3. The van der Waals surface area contributed by atoms with Gasteiger partial charge in [0.2, 0.25) is 0 Å². The molecule has 0 amide bonds. The Labute approximate surface area is 125 Å². The van der Waals surface area contributed by atoms with Crippen molar-refractivity contribution in [1.29, 1.82) is 0 Å². The van der Waals surface area contributed by atoms with E-state index in [0.717, 1.165) is 12.3 Å². The summed E-state index contributed by atoms with van der Waals surface area (Å²) < 4.78 is 5.82. The molecule has 2 aromatic rings. The fourth-order valence-electron chi connectivity index (χ4n) is 2.41. The second-order valence-corrected chi connectivity index (χ2v) is 5.88. The lowest BCUT2D eigenvalue weighted by Gasteiger charge is -2.22. The normalized spacial score (nSPS) is 12.4. The van der Waals surface area contributed by atoms with Crippen LogP contribution in [0.2, 0.25) is 0 Å².